The predicted molar refractivity (Wildman–Crippen MR) is 154 cm³/mol. The van der Waals surface area contributed by atoms with Gasteiger partial charge in [0, 0.05) is 0 Å². The van der Waals surface area contributed by atoms with E-state index >= 15 is 0 Å². The topological polar surface area (TPSA) is 26.3 Å². The predicted octanol–water partition coefficient (Wildman–Crippen LogP) is 11.0. The van der Waals surface area contributed by atoms with Crippen LogP contribution in [-0.2, 0) is 9.53 Å². The van der Waals surface area contributed by atoms with Gasteiger partial charge in [0.25, 0.3) is 0 Å². The van der Waals surface area contributed by atoms with E-state index in [2.05, 4.69) is 13.8 Å². The number of ether oxygens (including phenoxy) is 1. The molecule has 0 atom stereocenters. The molecule has 2 heteroatoms. The van der Waals surface area contributed by atoms with Crippen molar-refractivity contribution in [1.82, 2.24) is 0 Å². The number of hydrogen-bond acceptors (Lipinski definition) is 2. The first-order chi connectivity index (χ1) is 17.7. The fourth-order valence-electron chi connectivity index (χ4n) is 8.60. The van der Waals surface area contributed by atoms with E-state index in [4.69, 9.17) is 4.74 Å². The van der Waals surface area contributed by atoms with Gasteiger partial charge in [0.2, 0.25) is 0 Å². The lowest BCUT2D eigenvalue weighted by Gasteiger charge is -2.55. The summed E-state index contributed by atoms with van der Waals surface area (Å²) >= 11 is 0. The minimum absolute atomic E-state index is 0.184. The summed E-state index contributed by atoms with van der Waals surface area (Å²) in [5.41, 5.74) is 0.0286. The van der Waals surface area contributed by atoms with Gasteiger partial charge in [0.1, 0.15) is 0 Å². The average molecular weight is 503 g/mol. The van der Waals surface area contributed by atoms with Crippen molar-refractivity contribution in [3.05, 3.63) is 0 Å². The van der Waals surface area contributed by atoms with Gasteiger partial charge in [0.05, 0.1) is 12.0 Å². The number of carbonyl (C=O) groups is 1. The first kappa shape index (κ1) is 30.0. The number of rotatable bonds is 16. The van der Waals surface area contributed by atoms with Crippen LogP contribution in [0, 0.1) is 22.7 Å². The van der Waals surface area contributed by atoms with Crippen molar-refractivity contribution in [3.8, 4) is 0 Å². The molecule has 0 radical (unpaired) electrons. The summed E-state index contributed by atoms with van der Waals surface area (Å²) in [6.07, 6.45) is 34.2. The first-order valence-corrected chi connectivity index (χ1v) is 16.8. The van der Waals surface area contributed by atoms with E-state index in [1.807, 2.05) is 0 Å². The smallest absolute Gasteiger partial charge is 0.312 e. The monoisotopic (exact) mass is 502 g/mol. The van der Waals surface area contributed by atoms with E-state index in [0.29, 0.717) is 6.61 Å². The van der Waals surface area contributed by atoms with E-state index in [1.54, 1.807) is 0 Å². The Kier molecular flexibility index (Phi) is 13.7. The molecule has 3 aliphatic carbocycles. The Morgan fingerprint density at radius 2 is 1.14 bits per heavy atom. The lowest BCUT2D eigenvalue weighted by molar-refractivity contribution is -0.175. The largest absolute Gasteiger partial charge is 0.465 e. The van der Waals surface area contributed by atoms with Crippen LogP contribution in [-0.4, -0.2) is 12.6 Å². The number of carbonyl (C=O) groups excluding carboxylic acids is 1. The molecule has 210 valence electrons. The van der Waals surface area contributed by atoms with Gasteiger partial charge in [0.15, 0.2) is 0 Å². The van der Waals surface area contributed by atoms with Crippen LogP contribution >= 0.6 is 0 Å². The van der Waals surface area contributed by atoms with Gasteiger partial charge < -0.3 is 4.74 Å². The number of hydrogen-bond donors (Lipinski definition) is 0. The molecule has 0 bridgehead atoms. The zero-order valence-corrected chi connectivity index (χ0v) is 24.6. The summed E-state index contributed by atoms with van der Waals surface area (Å²) in [6, 6.07) is 0. The second-order valence-electron chi connectivity index (χ2n) is 13.2. The summed E-state index contributed by atoms with van der Waals surface area (Å²) in [6.45, 7) is 5.26. The zero-order chi connectivity index (χ0) is 25.5. The van der Waals surface area contributed by atoms with Crippen molar-refractivity contribution in [2.75, 3.05) is 6.61 Å². The van der Waals surface area contributed by atoms with Gasteiger partial charge in [-0.05, 0) is 68.6 Å². The molecule has 3 saturated carbocycles. The molecular formula is C34H62O2. The molecule has 0 aromatic heterocycles. The Hall–Kier alpha value is -0.530. The van der Waals surface area contributed by atoms with Crippen LogP contribution in [0.1, 0.15) is 181 Å². The third-order valence-corrected chi connectivity index (χ3v) is 10.9. The van der Waals surface area contributed by atoms with E-state index in [-0.39, 0.29) is 16.8 Å². The van der Waals surface area contributed by atoms with Crippen LogP contribution in [0.25, 0.3) is 0 Å². The highest BCUT2D eigenvalue weighted by Gasteiger charge is 2.57. The average Bonchev–Trinajstić information content (AvgIpc) is 2.93. The van der Waals surface area contributed by atoms with E-state index in [9.17, 15) is 4.79 Å². The number of unbranched alkanes of at least 4 members (excludes halogenated alkanes) is 9. The van der Waals surface area contributed by atoms with Gasteiger partial charge in [-0.2, -0.15) is 0 Å². The van der Waals surface area contributed by atoms with Gasteiger partial charge in [-0.1, -0.05) is 129 Å². The Labute approximate surface area is 225 Å². The van der Waals surface area contributed by atoms with Crippen molar-refractivity contribution >= 4 is 5.97 Å². The molecule has 0 amide bonds. The minimum atomic E-state index is -0.184. The van der Waals surface area contributed by atoms with Crippen LogP contribution in [0.4, 0.5) is 0 Å². The van der Waals surface area contributed by atoms with Gasteiger partial charge in [-0.25, -0.2) is 0 Å². The molecule has 0 spiro atoms. The Bertz CT molecular complexity index is 576. The quantitative estimate of drug-likeness (QED) is 0.155. The minimum Gasteiger partial charge on any atom is -0.465 e. The molecule has 36 heavy (non-hydrogen) atoms. The highest BCUT2D eigenvalue weighted by atomic mass is 16.5. The second kappa shape index (κ2) is 16.4. The number of esters is 1. The van der Waals surface area contributed by atoms with Crippen molar-refractivity contribution in [2.45, 2.75) is 181 Å². The third kappa shape index (κ3) is 8.23. The van der Waals surface area contributed by atoms with E-state index in [1.165, 1.54) is 148 Å². The van der Waals surface area contributed by atoms with Crippen LogP contribution in [0.15, 0.2) is 0 Å². The van der Waals surface area contributed by atoms with Crippen molar-refractivity contribution < 1.29 is 9.53 Å². The van der Waals surface area contributed by atoms with Crippen molar-refractivity contribution in [3.63, 3.8) is 0 Å². The summed E-state index contributed by atoms with van der Waals surface area (Å²) in [5, 5.41) is 0. The summed E-state index contributed by atoms with van der Waals surface area (Å²) in [5.74, 6) is 2.12. The van der Waals surface area contributed by atoms with E-state index in [0.717, 1.165) is 31.1 Å². The first-order valence-electron chi connectivity index (χ1n) is 16.8. The molecule has 0 heterocycles. The standard InChI is InChI=1S/C34H62O2/c1-3-5-7-8-9-10-11-19-29-36-32(35)34(25-17-13-18-26-34)33(24-16-6-4-2)27-22-31(23-28-33)30-20-14-12-15-21-30/h30-31H,3-29H2,1-2H3. The molecule has 0 aliphatic heterocycles. The van der Waals surface area contributed by atoms with Crippen LogP contribution in [0.2, 0.25) is 0 Å². The summed E-state index contributed by atoms with van der Waals surface area (Å²) in [7, 11) is 0. The highest BCUT2D eigenvalue weighted by molar-refractivity contribution is 5.78. The molecule has 3 rings (SSSR count). The van der Waals surface area contributed by atoms with Crippen LogP contribution in [0.3, 0.4) is 0 Å². The normalized spacial score (nSPS) is 27.1. The molecule has 0 N–H and O–H groups in total. The highest BCUT2D eigenvalue weighted by Crippen LogP contribution is 2.61. The fourth-order valence-corrected chi connectivity index (χ4v) is 8.60. The van der Waals surface area contributed by atoms with Gasteiger partial charge in [-0.15, -0.1) is 0 Å². The third-order valence-electron chi connectivity index (χ3n) is 10.9. The van der Waals surface area contributed by atoms with Gasteiger partial charge in [-0.3, -0.25) is 4.79 Å². The Balaban J connectivity index is 1.59. The van der Waals surface area contributed by atoms with E-state index < -0.39 is 0 Å². The molecule has 0 aromatic rings. The molecule has 0 saturated heterocycles. The Morgan fingerprint density at radius 1 is 0.611 bits per heavy atom. The maximum absolute atomic E-state index is 14.0. The van der Waals surface area contributed by atoms with Gasteiger partial charge >= 0.3 is 5.97 Å². The lowest BCUT2D eigenvalue weighted by atomic mass is 9.49. The Morgan fingerprint density at radius 3 is 1.78 bits per heavy atom. The molecule has 0 unspecified atom stereocenters. The maximum Gasteiger partial charge on any atom is 0.312 e. The van der Waals surface area contributed by atoms with Crippen LogP contribution in [0.5, 0.6) is 0 Å². The van der Waals surface area contributed by atoms with Crippen molar-refractivity contribution in [2.24, 2.45) is 22.7 Å². The molecule has 2 nitrogen and oxygen atoms in total. The fraction of sp³-hybridized carbons (Fsp3) is 0.971. The second-order valence-corrected chi connectivity index (χ2v) is 13.2. The zero-order valence-electron chi connectivity index (χ0n) is 24.6. The molecule has 0 aromatic carbocycles. The van der Waals surface area contributed by atoms with Crippen LogP contribution < -0.4 is 0 Å². The SMILES string of the molecule is CCCCCCCCCCOC(=O)C1(C2(CCCCC)CCC(C3CCCCC3)CC2)CCCCC1. The lowest BCUT2D eigenvalue weighted by Crippen LogP contribution is -2.52. The summed E-state index contributed by atoms with van der Waals surface area (Å²) in [4.78, 5) is 14.0. The summed E-state index contributed by atoms with van der Waals surface area (Å²) < 4.78 is 6.22. The van der Waals surface area contributed by atoms with Crippen molar-refractivity contribution in [1.29, 1.82) is 0 Å². The molecule has 3 fully saturated rings. The maximum atomic E-state index is 14.0. The molecule has 3 aliphatic rings. The molecular weight excluding hydrogens is 440 g/mol.